The lowest BCUT2D eigenvalue weighted by molar-refractivity contribution is 0.215. The molecule has 0 bridgehead atoms. The first-order valence-electron chi connectivity index (χ1n) is 5.46. The van der Waals surface area contributed by atoms with E-state index in [0.29, 0.717) is 10.7 Å². The van der Waals surface area contributed by atoms with Crippen LogP contribution in [0.2, 0.25) is 5.02 Å². The molecule has 1 atom stereocenters. The van der Waals surface area contributed by atoms with Gasteiger partial charge in [0.25, 0.3) is 0 Å². The monoisotopic (exact) mass is 321 g/mol. The van der Waals surface area contributed by atoms with E-state index in [9.17, 15) is 5.11 Å². The number of rotatable bonds is 0. The van der Waals surface area contributed by atoms with E-state index in [-0.39, 0.29) is 0 Å². The molecule has 1 aromatic carbocycles. The molecule has 1 heterocycles. The van der Waals surface area contributed by atoms with Gasteiger partial charge in [-0.1, -0.05) is 29.8 Å². The van der Waals surface area contributed by atoms with Crippen molar-refractivity contribution in [2.45, 2.75) is 6.10 Å². The molecule has 1 aromatic heterocycles. The molecule has 0 radical (unpaired) electrons. The van der Waals surface area contributed by atoms with Crippen molar-refractivity contribution in [3.8, 4) is 0 Å². The van der Waals surface area contributed by atoms with Gasteiger partial charge in [-0.15, -0.1) is 0 Å². The van der Waals surface area contributed by atoms with Crippen molar-refractivity contribution in [3.63, 3.8) is 0 Å². The first kappa shape index (κ1) is 11.9. The number of fused-ring (bicyclic) bond motifs is 2. The lowest BCUT2D eigenvalue weighted by Gasteiger charge is -2.13. The van der Waals surface area contributed by atoms with Gasteiger partial charge in [0.2, 0.25) is 0 Å². The lowest BCUT2D eigenvalue weighted by atomic mass is 10.0. The molecular formula is C14H9BrClNO. The second-order valence-electron chi connectivity index (χ2n) is 4.14. The molecule has 0 saturated heterocycles. The summed E-state index contributed by atoms with van der Waals surface area (Å²) < 4.78 is 0.891. The predicted molar refractivity (Wildman–Crippen MR) is 76.4 cm³/mol. The Balaban J connectivity index is 2.23. The first-order valence-corrected chi connectivity index (χ1v) is 6.63. The van der Waals surface area contributed by atoms with E-state index in [4.69, 9.17) is 11.6 Å². The second-order valence-corrected chi connectivity index (χ2v) is 5.49. The maximum absolute atomic E-state index is 10.4. The van der Waals surface area contributed by atoms with Crippen LogP contribution in [0.15, 0.2) is 34.9 Å². The van der Waals surface area contributed by atoms with Crippen LogP contribution in [0.1, 0.15) is 28.5 Å². The van der Waals surface area contributed by atoms with Crippen LogP contribution in [-0.4, -0.2) is 10.1 Å². The predicted octanol–water partition coefficient (Wildman–Crippen LogP) is 4.06. The summed E-state index contributed by atoms with van der Waals surface area (Å²) in [6.45, 7) is 0. The normalized spacial score (nSPS) is 16.9. The topological polar surface area (TPSA) is 33.1 Å². The third-order valence-electron chi connectivity index (χ3n) is 2.96. The summed E-state index contributed by atoms with van der Waals surface area (Å²) in [7, 11) is 0. The summed E-state index contributed by atoms with van der Waals surface area (Å²) in [5.74, 6) is 0. The van der Waals surface area contributed by atoms with E-state index in [1.807, 2.05) is 30.4 Å². The molecule has 0 saturated carbocycles. The molecule has 18 heavy (non-hydrogen) atoms. The molecule has 1 unspecified atom stereocenters. The molecule has 2 aromatic rings. The summed E-state index contributed by atoms with van der Waals surface area (Å²) in [5.41, 5.74) is 3.31. The zero-order chi connectivity index (χ0) is 12.7. The number of aliphatic hydroxyl groups excluding tert-OH is 1. The van der Waals surface area contributed by atoms with Crippen LogP contribution in [0, 0.1) is 0 Å². The molecule has 3 rings (SSSR count). The molecule has 2 nitrogen and oxygen atoms in total. The van der Waals surface area contributed by atoms with Crippen molar-refractivity contribution in [2.75, 3.05) is 0 Å². The van der Waals surface area contributed by atoms with Crippen molar-refractivity contribution >= 4 is 39.7 Å². The van der Waals surface area contributed by atoms with Crippen LogP contribution in [0.3, 0.4) is 0 Å². The molecule has 1 N–H and O–H groups in total. The Labute approximate surface area is 118 Å². The molecule has 0 fully saturated rings. The Morgan fingerprint density at radius 2 is 1.94 bits per heavy atom. The van der Waals surface area contributed by atoms with Crippen LogP contribution >= 0.6 is 27.5 Å². The van der Waals surface area contributed by atoms with Crippen molar-refractivity contribution in [1.82, 2.24) is 4.98 Å². The van der Waals surface area contributed by atoms with Crippen LogP contribution in [0.25, 0.3) is 12.2 Å². The van der Waals surface area contributed by atoms with E-state index in [1.165, 1.54) is 0 Å². The van der Waals surface area contributed by atoms with Gasteiger partial charge in [-0.05, 0) is 45.3 Å². The molecule has 0 amide bonds. The van der Waals surface area contributed by atoms with Crippen molar-refractivity contribution in [1.29, 1.82) is 0 Å². The summed E-state index contributed by atoms with van der Waals surface area (Å²) in [6.07, 6.45) is 4.86. The number of nitrogens with zero attached hydrogens (tertiary/aromatic N) is 1. The Morgan fingerprint density at radius 1 is 1.17 bits per heavy atom. The average molecular weight is 323 g/mol. The van der Waals surface area contributed by atoms with Gasteiger partial charge in [-0.25, -0.2) is 0 Å². The minimum atomic E-state index is -0.727. The zero-order valence-electron chi connectivity index (χ0n) is 9.27. The van der Waals surface area contributed by atoms with Gasteiger partial charge in [0.05, 0.1) is 5.69 Å². The van der Waals surface area contributed by atoms with Crippen LogP contribution in [-0.2, 0) is 0 Å². The standard InChI is InChI=1S/C14H9BrClNO/c15-10-5-9-2-1-8-6-11(16)3-4-12(8)14(18)13(9)17-7-10/h1-7,14,18H. The quantitative estimate of drug-likeness (QED) is 0.793. The van der Waals surface area contributed by atoms with Gasteiger partial charge in [-0.3, -0.25) is 4.98 Å². The number of aliphatic hydroxyl groups is 1. The smallest absolute Gasteiger partial charge is 0.122 e. The highest BCUT2D eigenvalue weighted by atomic mass is 79.9. The highest BCUT2D eigenvalue weighted by molar-refractivity contribution is 9.10. The molecule has 1 aliphatic rings. The first-order chi connectivity index (χ1) is 8.65. The Hall–Kier alpha value is -1.16. The maximum Gasteiger partial charge on any atom is 0.122 e. The van der Waals surface area contributed by atoms with Crippen LogP contribution in [0.5, 0.6) is 0 Å². The number of hydrogen-bond acceptors (Lipinski definition) is 2. The fraction of sp³-hybridized carbons (Fsp3) is 0.0714. The minimum Gasteiger partial charge on any atom is -0.382 e. The Kier molecular flexibility index (Phi) is 2.98. The van der Waals surface area contributed by atoms with Crippen molar-refractivity contribution in [3.05, 3.63) is 62.3 Å². The van der Waals surface area contributed by atoms with Gasteiger partial charge in [0.15, 0.2) is 0 Å². The van der Waals surface area contributed by atoms with E-state index >= 15 is 0 Å². The van der Waals surface area contributed by atoms with Gasteiger partial charge >= 0.3 is 0 Å². The lowest BCUT2D eigenvalue weighted by Crippen LogP contribution is -2.04. The number of pyridine rings is 1. The van der Waals surface area contributed by atoms with E-state index in [1.54, 1.807) is 12.3 Å². The molecule has 90 valence electrons. The minimum absolute atomic E-state index is 0.658. The molecule has 0 aliphatic heterocycles. The third kappa shape index (κ3) is 1.99. The Bertz CT molecular complexity index is 599. The summed E-state index contributed by atoms with van der Waals surface area (Å²) >= 11 is 9.36. The van der Waals surface area contributed by atoms with Gasteiger partial charge < -0.3 is 5.11 Å². The fourth-order valence-electron chi connectivity index (χ4n) is 2.09. The molecule has 1 aliphatic carbocycles. The number of hydrogen-bond donors (Lipinski definition) is 1. The van der Waals surface area contributed by atoms with E-state index < -0.39 is 6.10 Å². The third-order valence-corrected chi connectivity index (χ3v) is 3.63. The maximum atomic E-state index is 10.4. The van der Waals surface area contributed by atoms with Crippen LogP contribution in [0.4, 0.5) is 0 Å². The summed E-state index contributed by atoms with van der Waals surface area (Å²) in [4.78, 5) is 4.30. The van der Waals surface area contributed by atoms with Gasteiger partial charge in [-0.2, -0.15) is 0 Å². The molecule has 4 heteroatoms. The number of halogens is 2. The fourth-order valence-corrected chi connectivity index (χ4v) is 2.62. The molecule has 0 spiro atoms. The molecular weight excluding hydrogens is 314 g/mol. The van der Waals surface area contributed by atoms with Gasteiger partial charge in [0, 0.05) is 21.3 Å². The summed E-state index contributed by atoms with van der Waals surface area (Å²) in [5, 5.41) is 11.1. The zero-order valence-corrected chi connectivity index (χ0v) is 11.6. The average Bonchev–Trinajstić information content (AvgIpc) is 2.47. The largest absolute Gasteiger partial charge is 0.382 e. The summed E-state index contributed by atoms with van der Waals surface area (Å²) in [6, 6.07) is 7.40. The van der Waals surface area contributed by atoms with Gasteiger partial charge in [0.1, 0.15) is 6.10 Å². The number of benzene rings is 1. The SMILES string of the molecule is OC1c2ccc(Cl)cc2C=Cc2cc(Br)cnc21. The number of aromatic nitrogens is 1. The highest BCUT2D eigenvalue weighted by Gasteiger charge is 2.20. The highest BCUT2D eigenvalue weighted by Crippen LogP contribution is 2.33. The van der Waals surface area contributed by atoms with Crippen LogP contribution < -0.4 is 0 Å². The van der Waals surface area contributed by atoms with Crippen molar-refractivity contribution in [2.24, 2.45) is 0 Å². The second kappa shape index (κ2) is 4.50. The Morgan fingerprint density at radius 3 is 2.78 bits per heavy atom. The van der Waals surface area contributed by atoms with E-state index in [0.717, 1.165) is 21.2 Å². The van der Waals surface area contributed by atoms with Crippen molar-refractivity contribution < 1.29 is 5.11 Å². The van der Waals surface area contributed by atoms with E-state index in [2.05, 4.69) is 20.9 Å².